The topological polar surface area (TPSA) is 81.0 Å². The van der Waals surface area contributed by atoms with Gasteiger partial charge in [0.1, 0.15) is 6.04 Å². The summed E-state index contributed by atoms with van der Waals surface area (Å²) in [4.78, 5) is 12.3. The Bertz CT molecular complexity index is 187. The van der Waals surface area contributed by atoms with Gasteiger partial charge in [0.25, 0.3) is 0 Å². The van der Waals surface area contributed by atoms with Crippen molar-refractivity contribution in [3.05, 3.63) is 0 Å². The molecule has 0 aromatic rings. The quantitative estimate of drug-likeness (QED) is 0.524. The molecule has 0 saturated carbocycles. The summed E-state index contributed by atoms with van der Waals surface area (Å²) < 4.78 is 0. The predicted octanol–water partition coefficient (Wildman–Crippen LogP) is -1.11. The van der Waals surface area contributed by atoms with Crippen LogP contribution in [-0.2, 0) is 4.79 Å². The highest BCUT2D eigenvalue weighted by molar-refractivity contribution is 5.73. The van der Waals surface area contributed by atoms with Gasteiger partial charge in [-0.1, -0.05) is 6.92 Å². The molecule has 0 bridgehead atoms. The second kappa shape index (κ2) is 4.04. The first-order valence-electron chi connectivity index (χ1n) is 4.39. The molecule has 0 aromatic carbocycles. The molecule has 3 atom stereocenters. The Morgan fingerprint density at radius 1 is 1.46 bits per heavy atom. The number of aliphatic hydroxyl groups is 2. The van der Waals surface area contributed by atoms with E-state index < -0.39 is 24.2 Å². The number of hydrogen-bond acceptors (Lipinski definition) is 4. The second-order valence-electron chi connectivity index (χ2n) is 3.35. The van der Waals surface area contributed by atoms with Gasteiger partial charge in [0.2, 0.25) is 0 Å². The van der Waals surface area contributed by atoms with E-state index in [1.807, 2.05) is 0 Å². The number of aliphatic hydroxyl groups excluding tert-OH is 2. The van der Waals surface area contributed by atoms with Gasteiger partial charge in [-0.15, -0.1) is 0 Å². The Hall–Kier alpha value is -0.650. The van der Waals surface area contributed by atoms with Gasteiger partial charge in [0, 0.05) is 13.1 Å². The van der Waals surface area contributed by atoms with Crippen molar-refractivity contribution in [1.82, 2.24) is 4.90 Å². The van der Waals surface area contributed by atoms with E-state index in [4.69, 9.17) is 5.11 Å². The Balaban J connectivity index is 2.57. The lowest BCUT2D eigenvalue weighted by Crippen LogP contribution is -2.39. The third-order valence-corrected chi connectivity index (χ3v) is 2.40. The van der Waals surface area contributed by atoms with Crippen LogP contribution < -0.4 is 0 Å². The fraction of sp³-hybridized carbons (Fsp3) is 0.875. The summed E-state index contributed by atoms with van der Waals surface area (Å²) in [7, 11) is 0. The highest BCUT2D eigenvalue weighted by atomic mass is 16.4. The number of β-amino-alcohol motifs (C(OH)–C–C–N with tert-alkyl or cyclic N) is 2. The van der Waals surface area contributed by atoms with E-state index in [0.29, 0.717) is 6.42 Å². The zero-order valence-corrected chi connectivity index (χ0v) is 7.55. The number of carboxylic acids is 1. The van der Waals surface area contributed by atoms with E-state index >= 15 is 0 Å². The monoisotopic (exact) mass is 189 g/mol. The summed E-state index contributed by atoms with van der Waals surface area (Å²) in [6.07, 6.45) is -1.14. The van der Waals surface area contributed by atoms with Crippen LogP contribution in [0.15, 0.2) is 0 Å². The molecule has 0 spiro atoms. The van der Waals surface area contributed by atoms with Crippen LogP contribution in [0, 0.1) is 0 Å². The summed E-state index contributed by atoms with van der Waals surface area (Å²) in [6, 6.07) is -0.591. The third kappa shape index (κ3) is 2.18. The first-order chi connectivity index (χ1) is 6.06. The van der Waals surface area contributed by atoms with Crippen LogP contribution in [0.1, 0.15) is 13.3 Å². The minimum Gasteiger partial charge on any atom is -0.480 e. The SMILES string of the molecule is CCC(C(=O)O)N1C[C@@H](O)[C@@H](O)C1. The van der Waals surface area contributed by atoms with Crippen molar-refractivity contribution in [3.8, 4) is 0 Å². The van der Waals surface area contributed by atoms with Gasteiger partial charge in [0.15, 0.2) is 0 Å². The molecule has 5 heteroatoms. The van der Waals surface area contributed by atoms with Gasteiger partial charge in [-0.25, -0.2) is 0 Å². The van der Waals surface area contributed by atoms with Crippen LogP contribution in [0.2, 0.25) is 0 Å². The number of aliphatic carboxylic acids is 1. The molecule has 3 N–H and O–H groups in total. The molecule has 0 aromatic heterocycles. The summed E-state index contributed by atoms with van der Waals surface area (Å²) in [5.74, 6) is -0.899. The molecule has 1 rings (SSSR count). The molecule has 76 valence electrons. The van der Waals surface area contributed by atoms with Crippen molar-refractivity contribution in [2.24, 2.45) is 0 Å². The maximum Gasteiger partial charge on any atom is 0.320 e. The van der Waals surface area contributed by atoms with E-state index in [9.17, 15) is 15.0 Å². The van der Waals surface area contributed by atoms with E-state index in [-0.39, 0.29) is 13.1 Å². The van der Waals surface area contributed by atoms with Gasteiger partial charge >= 0.3 is 5.97 Å². The van der Waals surface area contributed by atoms with E-state index in [1.165, 1.54) is 0 Å². The van der Waals surface area contributed by atoms with Crippen LogP contribution in [0.25, 0.3) is 0 Å². The number of nitrogens with zero attached hydrogens (tertiary/aromatic N) is 1. The zero-order valence-electron chi connectivity index (χ0n) is 7.55. The van der Waals surface area contributed by atoms with Crippen LogP contribution in [-0.4, -0.2) is 57.5 Å². The minimum absolute atomic E-state index is 0.242. The van der Waals surface area contributed by atoms with E-state index in [0.717, 1.165) is 0 Å². The maximum atomic E-state index is 10.7. The second-order valence-corrected chi connectivity index (χ2v) is 3.35. The van der Waals surface area contributed by atoms with Crippen molar-refractivity contribution in [2.45, 2.75) is 31.6 Å². The molecular formula is C8H15NO4. The predicted molar refractivity (Wildman–Crippen MR) is 45.3 cm³/mol. The van der Waals surface area contributed by atoms with Crippen molar-refractivity contribution >= 4 is 5.97 Å². The highest BCUT2D eigenvalue weighted by Crippen LogP contribution is 2.15. The van der Waals surface area contributed by atoms with Crippen LogP contribution in [0.4, 0.5) is 0 Å². The molecule has 1 aliphatic rings. The Labute approximate surface area is 76.6 Å². The summed E-state index contributed by atoms with van der Waals surface area (Å²) >= 11 is 0. The molecule has 1 unspecified atom stereocenters. The van der Waals surface area contributed by atoms with Crippen LogP contribution >= 0.6 is 0 Å². The molecule has 5 nitrogen and oxygen atoms in total. The first-order valence-corrected chi connectivity index (χ1v) is 4.39. The van der Waals surface area contributed by atoms with Gasteiger partial charge in [0.05, 0.1) is 12.2 Å². The summed E-state index contributed by atoms with van der Waals surface area (Å²) in [5.41, 5.74) is 0. The highest BCUT2D eigenvalue weighted by Gasteiger charge is 2.35. The van der Waals surface area contributed by atoms with E-state index in [1.54, 1.807) is 11.8 Å². The lowest BCUT2D eigenvalue weighted by Gasteiger charge is -2.21. The zero-order chi connectivity index (χ0) is 10.0. The smallest absolute Gasteiger partial charge is 0.320 e. The lowest BCUT2D eigenvalue weighted by molar-refractivity contribution is -0.143. The molecule has 0 radical (unpaired) electrons. The summed E-state index contributed by atoms with van der Waals surface area (Å²) in [5, 5.41) is 27.2. The normalized spacial score (nSPS) is 31.9. The van der Waals surface area contributed by atoms with Gasteiger partial charge in [-0.3, -0.25) is 9.69 Å². The summed E-state index contributed by atoms with van der Waals surface area (Å²) in [6.45, 7) is 2.26. The Morgan fingerprint density at radius 2 is 1.92 bits per heavy atom. The number of hydrogen-bond donors (Lipinski definition) is 3. The lowest BCUT2D eigenvalue weighted by atomic mass is 10.2. The van der Waals surface area contributed by atoms with Gasteiger partial charge in [-0.2, -0.15) is 0 Å². The molecule has 1 fully saturated rings. The fourth-order valence-electron chi connectivity index (χ4n) is 1.64. The maximum absolute atomic E-state index is 10.7. The number of likely N-dealkylation sites (tertiary alicyclic amines) is 1. The fourth-order valence-corrected chi connectivity index (χ4v) is 1.64. The number of carboxylic acid groups (broad SMARTS) is 1. The van der Waals surface area contributed by atoms with Crippen LogP contribution in [0.3, 0.4) is 0 Å². The Morgan fingerprint density at radius 3 is 2.23 bits per heavy atom. The van der Waals surface area contributed by atoms with Crippen molar-refractivity contribution in [3.63, 3.8) is 0 Å². The van der Waals surface area contributed by atoms with Crippen LogP contribution in [0.5, 0.6) is 0 Å². The molecular weight excluding hydrogens is 174 g/mol. The largest absolute Gasteiger partial charge is 0.480 e. The number of carbonyl (C=O) groups is 1. The van der Waals surface area contributed by atoms with Gasteiger partial charge in [-0.05, 0) is 6.42 Å². The Kier molecular flexibility index (Phi) is 3.24. The molecule has 1 aliphatic heterocycles. The minimum atomic E-state index is -0.899. The number of rotatable bonds is 3. The third-order valence-electron chi connectivity index (χ3n) is 2.40. The van der Waals surface area contributed by atoms with Gasteiger partial charge < -0.3 is 15.3 Å². The standard InChI is InChI=1S/C8H15NO4/c1-2-5(8(12)13)9-3-6(10)7(11)4-9/h5-7,10-11H,2-4H2,1H3,(H,12,13)/t5?,6-,7+. The van der Waals surface area contributed by atoms with Crippen molar-refractivity contribution < 1.29 is 20.1 Å². The van der Waals surface area contributed by atoms with Crippen molar-refractivity contribution in [1.29, 1.82) is 0 Å². The molecule has 1 saturated heterocycles. The molecule has 1 heterocycles. The first kappa shape index (κ1) is 10.4. The average molecular weight is 189 g/mol. The molecule has 0 aliphatic carbocycles. The van der Waals surface area contributed by atoms with Crippen molar-refractivity contribution in [2.75, 3.05) is 13.1 Å². The molecule has 13 heavy (non-hydrogen) atoms. The van der Waals surface area contributed by atoms with E-state index in [2.05, 4.69) is 0 Å². The average Bonchev–Trinajstić information content (AvgIpc) is 2.32. The molecule has 0 amide bonds.